The maximum atomic E-state index is 13.7. The van der Waals surface area contributed by atoms with Gasteiger partial charge in [0.1, 0.15) is 29.1 Å². The molecule has 2 fully saturated rings. The van der Waals surface area contributed by atoms with Gasteiger partial charge in [0.25, 0.3) is 16.0 Å². The van der Waals surface area contributed by atoms with Crippen LogP contribution in [0.1, 0.15) is 37.2 Å². The quantitative estimate of drug-likeness (QED) is 0.407. The highest BCUT2D eigenvalue weighted by Gasteiger charge is 2.55. The van der Waals surface area contributed by atoms with Gasteiger partial charge in [0.2, 0.25) is 5.91 Å². The second kappa shape index (κ2) is 11.5. The number of pyridine rings is 1. The Labute approximate surface area is 241 Å². The van der Waals surface area contributed by atoms with Crippen molar-refractivity contribution in [2.24, 2.45) is 5.92 Å². The zero-order valence-corrected chi connectivity index (χ0v) is 24.0. The third kappa shape index (κ3) is 5.59. The molecule has 1 N–H and O–H groups in total. The minimum atomic E-state index is -4.57. The number of carbonyl (C=O) groups is 4. The van der Waals surface area contributed by atoms with E-state index in [0.29, 0.717) is 16.7 Å². The lowest BCUT2D eigenvalue weighted by atomic mass is 10.0. The van der Waals surface area contributed by atoms with Crippen molar-refractivity contribution in [2.75, 3.05) is 20.2 Å². The van der Waals surface area contributed by atoms with Crippen LogP contribution in [0.2, 0.25) is 0 Å². The Morgan fingerprint density at radius 2 is 1.95 bits per heavy atom. The molecule has 42 heavy (non-hydrogen) atoms. The van der Waals surface area contributed by atoms with Gasteiger partial charge in [-0.05, 0) is 49.1 Å². The standard InChI is InChI=1S/C28H30N4O9S/c1-16(2)12-20(30-28(36)41-24-14-17-13-18(39-3)7-8-23(17)40-24)26(34)31-11-9-21-25(31)22(33)15-32(21)42(37,38)27(35)19-6-4-5-10-29-19/h4-8,10,13-14,16,20-21,25H,9,11-12,15H2,1-3H3,(H,30,36). The van der Waals surface area contributed by atoms with Crippen LogP contribution in [0.3, 0.4) is 0 Å². The molecular weight excluding hydrogens is 568 g/mol. The number of hydrogen-bond acceptors (Lipinski definition) is 10. The van der Waals surface area contributed by atoms with Gasteiger partial charge in [0.15, 0.2) is 5.78 Å². The molecule has 14 heteroatoms. The van der Waals surface area contributed by atoms with Crippen molar-refractivity contribution in [3.05, 3.63) is 54.4 Å². The molecule has 3 aromatic rings. The van der Waals surface area contributed by atoms with Crippen molar-refractivity contribution < 1.29 is 41.5 Å². The molecule has 2 aliphatic rings. The van der Waals surface area contributed by atoms with E-state index in [1.807, 2.05) is 13.8 Å². The van der Waals surface area contributed by atoms with Gasteiger partial charge in [-0.15, -0.1) is 0 Å². The zero-order valence-electron chi connectivity index (χ0n) is 23.2. The van der Waals surface area contributed by atoms with Gasteiger partial charge in [0.05, 0.1) is 19.7 Å². The summed E-state index contributed by atoms with van der Waals surface area (Å²) < 4.78 is 43.3. The number of nitrogens with zero attached hydrogens (tertiary/aromatic N) is 3. The number of rotatable bonds is 8. The van der Waals surface area contributed by atoms with E-state index >= 15 is 0 Å². The van der Waals surface area contributed by atoms with Gasteiger partial charge in [-0.2, -0.15) is 4.31 Å². The molecule has 0 aliphatic carbocycles. The summed E-state index contributed by atoms with van der Waals surface area (Å²) in [5.41, 5.74) is 0.208. The van der Waals surface area contributed by atoms with Crippen molar-refractivity contribution in [2.45, 2.75) is 44.8 Å². The normalized spacial score (nSPS) is 19.6. The monoisotopic (exact) mass is 598 g/mol. The topological polar surface area (TPSA) is 165 Å². The fourth-order valence-electron chi connectivity index (χ4n) is 5.39. The van der Waals surface area contributed by atoms with E-state index in [-0.39, 0.29) is 36.9 Å². The molecule has 2 amide bonds. The molecular formula is C28H30N4O9S. The van der Waals surface area contributed by atoms with Gasteiger partial charge in [0, 0.05) is 24.2 Å². The first-order valence-corrected chi connectivity index (χ1v) is 14.8. The van der Waals surface area contributed by atoms with Crippen molar-refractivity contribution in [3.8, 4) is 11.7 Å². The third-order valence-corrected chi connectivity index (χ3v) is 8.96. The van der Waals surface area contributed by atoms with E-state index in [0.717, 1.165) is 4.31 Å². The molecule has 2 saturated heterocycles. The van der Waals surface area contributed by atoms with Crippen LogP contribution in [0.4, 0.5) is 4.79 Å². The maximum absolute atomic E-state index is 13.7. The van der Waals surface area contributed by atoms with Crippen molar-refractivity contribution in [1.29, 1.82) is 0 Å². The van der Waals surface area contributed by atoms with Crippen molar-refractivity contribution in [3.63, 3.8) is 0 Å². The van der Waals surface area contributed by atoms with E-state index in [4.69, 9.17) is 13.9 Å². The van der Waals surface area contributed by atoms with Gasteiger partial charge < -0.3 is 24.1 Å². The number of likely N-dealkylation sites (tertiary alicyclic amines) is 1. The first kappa shape index (κ1) is 29.2. The Balaban J connectivity index is 1.30. The van der Waals surface area contributed by atoms with Crippen LogP contribution in [0.15, 0.2) is 53.1 Å². The Hall–Kier alpha value is -4.30. The van der Waals surface area contributed by atoms with Gasteiger partial charge in [-0.1, -0.05) is 19.9 Å². The SMILES string of the molecule is COc1ccc2oc(OC(=O)NC(CC(C)C)C(=O)N3CCC4C3C(=O)CN4S(=O)(=O)C(=O)c3ccccn3)cc2c1. The Bertz CT molecular complexity index is 1640. The van der Waals surface area contributed by atoms with Crippen LogP contribution in [0.5, 0.6) is 11.7 Å². The molecule has 0 bridgehead atoms. The van der Waals surface area contributed by atoms with E-state index in [1.54, 1.807) is 24.3 Å². The fraction of sp³-hybridized carbons (Fsp3) is 0.393. The van der Waals surface area contributed by atoms with Crippen LogP contribution >= 0.6 is 0 Å². The zero-order chi connectivity index (χ0) is 30.2. The highest BCUT2D eigenvalue weighted by molar-refractivity contribution is 8.04. The molecule has 4 heterocycles. The molecule has 13 nitrogen and oxygen atoms in total. The summed E-state index contributed by atoms with van der Waals surface area (Å²) in [6.45, 7) is 3.26. The lowest BCUT2D eigenvalue weighted by Crippen LogP contribution is -2.53. The second-order valence-corrected chi connectivity index (χ2v) is 12.3. The number of amides is 2. The van der Waals surface area contributed by atoms with Gasteiger partial charge in [-0.25, -0.2) is 13.2 Å². The lowest BCUT2D eigenvalue weighted by molar-refractivity contribution is -0.138. The summed E-state index contributed by atoms with van der Waals surface area (Å²) in [7, 11) is -3.05. The molecule has 0 saturated carbocycles. The van der Waals surface area contributed by atoms with Crippen LogP contribution < -0.4 is 14.8 Å². The Morgan fingerprint density at radius 1 is 1.17 bits per heavy atom. The number of sulfonamides is 1. The average Bonchev–Trinajstić information content (AvgIpc) is 3.66. The summed E-state index contributed by atoms with van der Waals surface area (Å²) in [4.78, 5) is 57.5. The minimum absolute atomic E-state index is 0.0246. The summed E-state index contributed by atoms with van der Waals surface area (Å²) in [5.74, 6) is -0.571. The number of furan rings is 1. The highest BCUT2D eigenvalue weighted by atomic mass is 32.2. The number of ketones is 1. The van der Waals surface area contributed by atoms with Gasteiger partial charge >= 0.3 is 11.2 Å². The molecule has 1 aromatic carbocycles. The van der Waals surface area contributed by atoms with Gasteiger partial charge in [-0.3, -0.25) is 19.4 Å². The van der Waals surface area contributed by atoms with E-state index in [2.05, 4.69) is 10.3 Å². The van der Waals surface area contributed by atoms with Crippen molar-refractivity contribution >= 4 is 43.9 Å². The third-order valence-electron chi connectivity index (χ3n) is 7.27. The summed E-state index contributed by atoms with van der Waals surface area (Å²) in [5, 5.41) is 2.01. The lowest BCUT2D eigenvalue weighted by Gasteiger charge is -2.28. The molecule has 2 aromatic heterocycles. The van der Waals surface area contributed by atoms with E-state index in [9.17, 15) is 27.6 Å². The highest BCUT2D eigenvalue weighted by Crippen LogP contribution is 2.33. The largest absolute Gasteiger partial charge is 0.497 e. The number of hydrogen-bond donors (Lipinski definition) is 1. The molecule has 5 rings (SSSR count). The molecule has 2 aliphatic heterocycles. The first-order chi connectivity index (χ1) is 20.0. The molecule has 0 radical (unpaired) electrons. The maximum Gasteiger partial charge on any atom is 0.415 e. The first-order valence-electron chi connectivity index (χ1n) is 13.4. The summed E-state index contributed by atoms with van der Waals surface area (Å²) >= 11 is 0. The average molecular weight is 599 g/mol. The van der Waals surface area contributed by atoms with E-state index < -0.39 is 57.6 Å². The number of fused-ring (bicyclic) bond motifs is 2. The summed E-state index contributed by atoms with van der Waals surface area (Å²) in [6, 6.07) is 7.86. The predicted octanol–water partition coefficient (Wildman–Crippen LogP) is 2.36. The van der Waals surface area contributed by atoms with Crippen LogP contribution in [0.25, 0.3) is 11.0 Å². The van der Waals surface area contributed by atoms with Crippen LogP contribution in [-0.4, -0.2) is 83.8 Å². The Morgan fingerprint density at radius 3 is 2.64 bits per heavy atom. The second-order valence-electron chi connectivity index (χ2n) is 10.5. The number of carbonyl (C=O) groups excluding carboxylic acids is 4. The summed E-state index contributed by atoms with van der Waals surface area (Å²) in [6.07, 6.45) is 0.749. The number of nitrogens with one attached hydrogen (secondary N) is 1. The number of methoxy groups -OCH3 is 1. The number of Topliss-reactive ketones (excluding diaryl/α,β-unsaturated/α-hetero) is 1. The number of benzene rings is 1. The molecule has 3 unspecified atom stereocenters. The van der Waals surface area contributed by atoms with Crippen LogP contribution in [0, 0.1) is 5.92 Å². The van der Waals surface area contributed by atoms with Crippen molar-refractivity contribution in [1.82, 2.24) is 19.5 Å². The van der Waals surface area contributed by atoms with Crippen LogP contribution in [-0.2, 0) is 19.6 Å². The molecule has 0 spiro atoms. The fourth-order valence-corrected chi connectivity index (χ4v) is 6.87. The smallest absolute Gasteiger partial charge is 0.415 e. The predicted molar refractivity (Wildman–Crippen MR) is 148 cm³/mol. The minimum Gasteiger partial charge on any atom is -0.497 e. The number of aromatic nitrogens is 1. The molecule has 222 valence electrons. The number of ether oxygens (including phenoxy) is 2. The van der Waals surface area contributed by atoms with E-state index in [1.165, 1.54) is 36.4 Å². The Kier molecular flexibility index (Phi) is 8.01. The molecule has 3 atom stereocenters.